The second kappa shape index (κ2) is 5.47. The second-order valence-electron chi connectivity index (χ2n) is 4.52. The summed E-state index contributed by atoms with van der Waals surface area (Å²) in [5.41, 5.74) is -0.232. The Morgan fingerprint density at radius 3 is 2.87 bits per heavy atom. The fraction of sp³-hybridized carbons (Fsp3) is 0.909. The van der Waals surface area contributed by atoms with Gasteiger partial charge >= 0.3 is 0 Å². The molecule has 1 unspecified atom stereocenters. The van der Waals surface area contributed by atoms with Gasteiger partial charge in [-0.05, 0) is 26.3 Å². The molecular weight excluding hydrogens is 192 g/mol. The van der Waals surface area contributed by atoms with Gasteiger partial charge in [0.1, 0.15) is 0 Å². The van der Waals surface area contributed by atoms with Crippen molar-refractivity contribution in [3.8, 4) is 0 Å². The standard InChI is InChI=1S/C11H22N2O2/c1-3-4-11(5-6-12-8-11)10(15)13-7-9(2)14/h9,12,14H,3-8H2,1-2H3,(H,13,15)/t9-,11?/m0/s1. The van der Waals surface area contributed by atoms with Crippen molar-refractivity contribution in [3.05, 3.63) is 0 Å². The monoisotopic (exact) mass is 214 g/mol. The fourth-order valence-corrected chi connectivity index (χ4v) is 2.17. The van der Waals surface area contributed by atoms with Crippen LogP contribution in [0.1, 0.15) is 33.1 Å². The predicted octanol–water partition coefficient (Wildman–Crippen LogP) is 0.263. The molecule has 0 radical (unpaired) electrons. The topological polar surface area (TPSA) is 61.4 Å². The molecule has 3 N–H and O–H groups in total. The summed E-state index contributed by atoms with van der Waals surface area (Å²) in [6.45, 7) is 5.82. The van der Waals surface area contributed by atoms with Crippen LogP contribution in [0.15, 0.2) is 0 Å². The van der Waals surface area contributed by atoms with E-state index in [0.717, 1.165) is 32.4 Å². The van der Waals surface area contributed by atoms with Gasteiger partial charge in [-0.1, -0.05) is 13.3 Å². The molecule has 1 rings (SSSR count). The third-order valence-electron chi connectivity index (χ3n) is 3.01. The molecule has 15 heavy (non-hydrogen) atoms. The second-order valence-corrected chi connectivity index (χ2v) is 4.52. The van der Waals surface area contributed by atoms with Gasteiger partial charge in [-0.15, -0.1) is 0 Å². The first-order valence-electron chi connectivity index (χ1n) is 5.78. The van der Waals surface area contributed by atoms with E-state index in [4.69, 9.17) is 5.11 Å². The smallest absolute Gasteiger partial charge is 0.227 e. The molecule has 0 saturated carbocycles. The van der Waals surface area contributed by atoms with Crippen LogP contribution in [0.4, 0.5) is 0 Å². The van der Waals surface area contributed by atoms with Gasteiger partial charge < -0.3 is 15.7 Å². The highest BCUT2D eigenvalue weighted by Gasteiger charge is 2.39. The van der Waals surface area contributed by atoms with Crippen LogP contribution in [0.3, 0.4) is 0 Å². The number of carbonyl (C=O) groups excluding carboxylic acids is 1. The molecule has 0 spiro atoms. The molecule has 1 saturated heterocycles. The largest absolute Gasteiger partial charge is 0.392 e. The minimum Gasteiger partial charge on any atom is -0.392 e. The van der Waals surface area contributed by atoms with Crippen LogP contribution in [0.2, 0.25) is 0 Å². The SMILES string of the molecule is CCCC1(C(=O)NC[C@H](C)O)CCNC1. The molecule has 0 aromatic carbocycles. The zero-order valence-electron chi connectivity index (χ0n) is 9.68. The first kappa shape index (κ1) is 12.5. The normalized spacial score (nSPS) is 27.7. The van der Waals surface area contributed by atoms with Crippen LogP contribution < -0.4 is 10.6 Å². The molecule has 1 aliphatic heterocycles. The van der Waals surface area contributed by atoms with Gasteiger partial charge in [0.25, 0.3) is 0 Å². The third-order valence-corrected chi connectivity index (χ3v) is 3.01. The molecule has 4 heteroatoms. The van der Waals surface area contributed by atoms with E-state index in [1.54, 1.807) is 6.92 Å². The molecule has 1 heterocycles. The summed E-state index contributed by atoms with van der Waals surface area (Å²) in [5, 5.41) is 15.2. The highest BCUT2D eigenvalue weighted by Crippen LogP contribution is 2.31. The van der Waals surface area contributed by atoms with Gasteiger partial charge in [-0.3, -0.25) is 4.79 Å². The molecule has 0 aliphatic carbocycles. The van der Waals surface area contributed by atoms with Gasteiger partial charge in [-0.25, -0.2) is 0 Å². The van der Waals surface area contributed by atoms with E-state index in [1.165, 1.54) is 0 Å². The molecule has 0 aromatic heterocycles. The van der Waals surface area contributed by atoms with E-state index in [1.807, 2.05) is 0 Å². The Morgan fingerprint density at radius 1 is 1.67 bits per heavy atom. The molecule has 1 aliphatic rings. The van der Waals surface area contributed by atoms with E-state index in [0.29, 0.717) is 6.54 Å². The number of carbonyl (C=O) groups is 1. The number of hydrogen-bond acceptors (Lipinski definition) is 3. The Balaban J connectivity index is 2.51. The average Bonchev–Trinajstić information content (AvgIpc) is 2.64. The van der Waals surface area contributed by atoms with Crippen molar-refractivity contribution in [2.75, 3.05) is 19.6 Å². The zero-order valence-corrected chi connectivity index (χ0v) is 9.68. The lowest BCUT2D eigenvalue weighted by Crippen LogP contribution is -2.44. The molecule has 4 nitrogen and oxygen atoms in total. The molecule has 0 aromatic rings. The van der Waals surface area contributed by atoms with Gasteiger partial charge in [0.05, 0.1) is 11.5 Å². The summed E-state index contributed by atoms with van der Waals surface area (Å²) in [5.74, 6) is 0.0928. The van der Waals surface area contributed by atoms with Gasteiger partial charge in [-0.2, -0.15) is 0 Å². The van der Waals surface area contributed by atoms with E-state index in [9.17, 15) is 4.79 Å². The number of hydrogen-bond donors (Lipinski definition) is 3. The highest BCUT2D eigenvalue weighted by atomic mass is 16.3. The Morgan fingerprint density at radius 2 is 2.40 bits per heavy atom. The molecule has 1 fully saturated rings. The highest BCUT2D eigenvalue weighted by molar-refractivity contribution is 5.83. The Kier molecular flexibility index (Phi) is 4.54. The first-order valence-corrected chi connectivity index (χ1v) is 5.78. The molecule has 88 valence electrons. The summed E-state index contributed by atoms with van der Waals surface area (Å²) < 4.78 is 0. The lowest BCUT2D eigenvalue weighted by molar-refractivity contribution is -0.130. The van der Waals surface area contributed by atoms with E-state index >= 15 is 0 Å². The Hall–Kier alpha value is -0.610. The Bertz CT molecular complexity index is 211. The quantitative estimate of drug-likeness (QED) is 0.615. The van der Waals surface area contributed by atoms with Crippen molar-refractivity contribution < 1.29 is 9.90 Å². The number of aliphatic hydroxyl groups excluding tert-OH is 1. The van der Waals surface area contributed by atoms with Crippen molar-refractivity contribution in [2.24, 2.45) is 5.41 Å². The number of rotatable bonds is 5. The number of aliphatic hydroxyl groups is 1. The van der Waals surface area contributed by atoms with Crippen molar-refractivity contribution in [1.29, 1.82) is 0 Å². The minimum absolute atomic E-state index is 0.0928. The zero-order chi connectivity index (χ0) is 11.3. The van der Waals surface area contributed by atoms with Crippen molar-refractivity contribution >= 4 is 5.91 Å². The maximum absolute atomic E-state index is 12.0. The molecule has 1 amide bonds. The van der Waals surface area contributed by atoms with Crippen molar-refractivity contribution in [2.45, 2.75) is 39.2 Å². The summed E-state index contributed by atoms with van der Waals surface area (Å²) in [6.07, 6.45) is 2.38. The lowest BCUT2D eigenvalue weighted by Gasteiger charge is -2.26. The van der Waals surface area contributed by atoms with Crippen LogP contribution in [-0.2, 0) is 4.79 Å². The van der Waals surface area contributed by atoms with Gasteiger partial charge in [0, 0.05) is 13.1 Å². The minimum atomic E-state index is -0.470. The lowest BCUT2D eigenvalue weighted by atomic mass is 9.81. The summed E-state index contributed by atoms with van der Waals surface area (Å²) in [6, 6.07) is 0. The van der Waals surface area contributed by atoms with Crippen LogP contribution >= 0.6 is 0 Å². The van der Waals surface area contributed by atoms with Crippen LogP contribution in [-0.4, -0.2) is 36.8 Å². The van der Waals surface area contributed by atoms with Crippen molar-refractivity contribution in [1.82, 2.24) is 10.6 Å². The first-order chi connectivity index (χ1) is 7.10. The Labute approximate surface area is 91.4 Å². The maximum atomic E-state index is 12.0. The molecule has 2 atom stereocenters. The maximum Gasteiger partial charge on any atom is 0.227 e. The number of amides is 1. The fourth-order valence-electron chi connectivity index (χ4n) is 2.17. The summed E-state index contributed by atoms with van der Waals surface area (Å²) >= 11 is 0. The molecule has 0 bridgehead atoms. The summed E-state index contributed by atoms with van der Waals surface area (Å²) in [7, 11) is 0. The van der Waals surface area contributed by atoms with Gasteiger partial charge in [0.15, 0.2) is 0 Å². The number of nitrogens with one attached hydrogen (secondary N) is 2. The third kappa shape index (κ3) is 3.18. The van der Waals surface area contributed by atoms with E-state index in [-0.39, 0.29) is 11.3 Å². The van der Waals surface area contributed by atoms with Crippen LogP contribution in [0.25, 0.3) is 0 Å². The van der Waals surface area contributed by atoms with Crippen LogP contribution in [0.5, 0.6) is 0 Å². The van der Waals surface area contributed by atoms with E-state index in [2.05, 4.69) is 17.6 Å². The molecular formula is C11H22N2O2. The van der Waals surface area contributed by atoms with Crippen molar-refractivity contribution in [3.63, 3.8) is 0 Å². The van der Waals surface area contributed by atoms with Gasteiger partial charge in [0.2, 0.25) is 5.91 Å². The van der Waals surface area contributed by atoms with Crippen LogP contribution in [0, 0.1) is 5.41 Å². The summed E-state index contributed by atoms with van der Waals surface area (Å²) in [4.78, 5) is 12.0. The average molecular weight is 214 g/mol. The van der Waals surface area contributed by atoms with E-state index < -0.39 is 6.10 Å². The predicted molar refractivity (Wildman–Crippen MR) is 59.5 cm³/mol.